The van der Waals surface area contributed by atoms with Gasteiger partial charge in [0.1, 0.15) is 0 Å². The van der Waals surface area contributed by atoms with Crippen LogP contribution in [0.2, 0.25) is 0 Å². The van der Waals surface area contributed by atoms with Crippen molar-refractivity contribution in [3.63, 3.8) is 0 Å². The molecule has 1 aliphatic heterocycles. The minimum Gasteiger partial charge on any atom is -0.375 e. The molecular formula is C12H23NO. The van der Waals surface area contributed by atoms with Gasteiger partial charge in [0.15, 0.2) is 0 Å². The molecule has 1 aliphatic carbocycles. The normalized spacial score (nSPS) is 44.1. The van der Waals surface area contributed by atoms with Gasteiger partial charge < -0.3 is 10.1 Å². The van der Waals surface area contributed by atoms with E-state index in [9.17, 15) is 0 Å². The smallest absolute Gasteiger partial charge is 0.0699 e. The molecule has 1 saturated carbocycles. The molecule has 0 bridgehead atoms. The van der Waals surface area contributed by atoms with Gasteiger partial charge >= 0.3 is 0 Å². The van der Waals surface area contributed by atoms with Gasteiger partial charge in [0.05, 0.1) is 5.60 Å². The minimum atomic E-state index is 0.240. The van der Waals surface area contributed by atoms with Crippen LogP contribution >= 0.6 is 0 Å². The van der Waals surface area contributed by atoms with E-state index in [0.717, 1.165) is 12.5 Å². The molecule has 1 spiro atoms. The van der Waals surface area contributed by atoms with E-state index in [0.29, 0.717) is 6.04 Å². The molecule has 2 aliphatic rings. The van der Waals surface area contributed by atoms with E-state index in [-0.39, 0.29) is 5.60 Å². The van der Waals surface area contributed by atoms with Crippen LogP contribution in [-0.2, 0) is 4.74 Å². The van der Waals surface area contributed by atoms with Crippen molar-refractivity contribution in [3.8, 4) is 0 Å². The molecule has 1 saturated heterocycles. The Bertz CT molecular complexity index is 191. The van der Waals surface area contributed by atoms with Crippen molar-refractivity contribution in [1.29, 1.82) is 0 Å². The third kappa shape index (κ3) is 2.12. The summed E-state index contributed by atoms with van der Waals surface area (Å²) in [4.78, 5) is 0. The van der Waals surface area contributed by atoms with Crippen LogP contribution in [0.4, 0.5) is 0 Å². The van der Waals surface area contributed by atoms with Gasteiger partial charge in [-0.15, -0.1) is 0 Å². The van der Waals surface area contributed by atoms with E-state index in [1.807, 2.05) is 0 Å². The Morgan fingerprint density at radius 1 is 1.29 bits per heavy atom. The molecule has 1 heterocycles. The highest BCUT2D eigenvalue weighted by molar-refractivity contribution is 4.93. The summed E-state index contributed by atoms with van der Waals surface area (Å²) in [6.45, 7) is 3.32. The summed E-state index contributed by atoms with van der Waals surface area (Å²) < 4.78 is 6.07. The third-order valence-corrected chi connectivity index (χ3v) is 3.95. The highest BCUT2D eigenvalue weighted by atomic mass is 16.5. The molecule has 2 fully saturated rings. The molecule has 3 atom stereocenters. The fourth-order valence-electron chi connectivity index (χ4n) is 3.20. The van der Waals surface area contributed by atoms with Gasteiger partial charge in [0, 0.05) is 12.6 Å². The summed E-state index contributed by atoms with van der Waals surface area (Å²) in [6.07, 6.45) is 7.74. The monoisotopic (exact) mass is 197 g/mol. The van der Waals surface area contributed by atoms with Crippen LogP contribution in [-0.4, -0.2) is 25.3 Å². The zero-order chi connectivity index (χ0) is 10.0. The van der Waals surface area contributed by atoms with Crippen molar-refractivity contribution < 1.29 is 4.74 Å². The predicted molar refractivity (Wildman–Crippen MR) is 58.4 cm³/mol. The lowest BCUT2D eigenvalue weighted by Crippen LogP contribution is -2.48. The molecule has 0 radical (unpaired) electrons. The van der Waals surface area contributed by atoms with Crippen LogP contribution in [0.5, 0.6) is 0 Å². The lowest BCUT2D eigenvalue weighted by atomic mass is 9.74. The fourth-order valence-corrected chi connectivity index (χ4v) is 3.20. The standard InChI is InChI=1S/C12H23NO/c1-10-4-3-6-12(8-10)9-11(13-2)5-7-14-12/h10-11,13H,3-9H2,1-2H3. The summed E-state index contributed by atoms with van der Waals surface area (Å²) in [5, 5.41) is 3.41. The molecule has 0 aromatic carbocycles. The van der Waals surface area contributed by atoms with E-state index < -0.39 is 0 Å². The first kappa shape index (κ1) is 10.4. The van der Waals surface area contributed by atoms with Crippen molar-refractivity contribution in [2.45, 2.75) is 57.1 Å². The minimum absolute atomic E-state index is 0.240. The number of nitrogens with one attached hydrogen (secondary N) is 1. The van der Waals surface area contributed by atoms with Crippen LogP contribution in [0.1, 0.15) is 45.4 Å². The van der Waals surface area contributed by atoms with Crippen LogP contribution in [0, 0.1) is 5.92 Å². The summed E-state index contributed by atoms with van der Waals surface area (Å²) in [5.74, 6) is 0.861. The second-order valence-electron chi connectivity index (χ2n) is 5.21. The quantitative estimate of drug-likeness (QED) is 0.696. The first-order chi connectivity index (χ1) is 6.74. The molecule has 3 unspecified atom stereocenters. The maximum absolute atomic E-state index is 6.07. The number of hydrogen-bond donors (Lipinski definition) is 1. The number of rotatable bonds is 1. The molecule has 0 aromatic rings. The van der Waals surface area contributed by atoms with E-state index in [2.05, 4.69) is 19.3 Å². The topological polar surface area (TPSA) is 21.3 Å². The maximum Gasteiger partial charge on any atom is 0.0699 e. The van der Waals surface area contributed by atoms with Gasteiger partial charge in [0.2, 0.25) is 0 Å². The number of hydrogen-bond acceptors (Lipinski definition) is 2. The van der Waals surface area contributed by atoms with Crippen molar-refractivity contribution in [2.24, 2.45) is 5.92 Å². The highest BCUT2D eigenvalue weighted by Gasteiger charge is 2.39. The lowest BCUT2D eigenvalue weighted by molar-refractivity contribution is -0.117. The zero-order valence-corrected chi connectivity index (χ0v) is 9.51. The Morgan fingerprint density at radius 2 is 2.14 bits per heavy atom. The van der Waals surface area contributed by atoms with Crippen LogP contribution in [0.25, 0.3) is 0 Å². The fraction of sp³-hybridized carbons (Fsp3) is 1.00. The SMILES string of the molecule is CNC1CCOC2(CCCC(C)C2)C1. The summed E-state index contributed by atoms with van der Waals surface area (Å²) in [5.41, 5.74) is 0.240. The maximum atomic E-state index is 6.07. The van der Waals surface area contributed by atoms with Crippen molar-refractivity contribution in [1.82, 2.24) is 5.32 Å². The lowest BCUT2D eigenvalue weighted by Gasteiger charge is -2.45. The van der Waals surface area contributed by atoms with E-state index in [1.54, 1.807) is 0 Å². The Hall–Kier alpha value is -0.0800. The van der Waals surface area contributed by atoms with Gasteiger partial charge in [-0.3, -0.25) is 0 Å². The van der Waals surface area contributed by atoms with Crippen LogP contribution in [0.3, 0.4) is 0 Å². The van der Waals surface area contributed by atoms with Gasteiger partial charge in [-0.1, -0.05) is 19.8 Å². The Morgan fingerprint density at radius 3 is 2.86 bits per heavy atom. The second-order valence-corrected chi connectivity index (χ2v) is 5.21. The Balaban J connectivity index is 1.99. The molecule has 14 heavy (non-hydrogen) atoms. The molecule has 2 heteroatoms. The van der Waals surface area contributed by atoms with Gasteiger partial charge in [0.25, 0.3) is 0 Å². The van der Waals surface area contributed by atoms with E-state index >= 15 is 0 Å². The Labute approximate surface area is 87.4 Å². The molecule has 1 N–H and O–H groups in total. The van der Waals surface area contributed by atoms with Crippen molar-refractivity contribution >= 4 is 0 Å². The summed E-state index contributed by atoms with van der Waals surface area (Å²) >= 11 is 0. The molecule has 0 amide bonds. The van der Waals surface area contributed by atoms with Gasteiger partial charge in [-0.25, -0.2) is 0 Å². The van der Waals surface area contributed by atoms with Crippen molar-refractivity contribution in [3.05, 3.63) is 0 Å². The molecule has 0 aromatic heterocycles. The first-order valence-corrected chi connectivity index (χ1v) is 6.05. The van der Waals surface area contributed by atoms with Crippen molar-refractivity contribution in [2.75, 3.05) is 13.7 Å². The predicted octanol–water partition coefficient (Wildman–Crippen LogP) is 2.33. The third-order valence-electron chi connectivity index (χ3n) is 3.95. The Kier molecular flexibility index (Phi) is 3.13. The molecule has 82 valence electrons. The average Bonchev–Trinajstić information content (AvgIpc) is 2.17. The largest absolute Gasteiger partial charge is 0.375 e. The van der Waals surface area contributed by atoms with Crippen LogP contribution in [0.15, 0.2) is 0 Å². The van der Waals surface area contributed by atoms with Gasteiger partial charge in [-0.05, 0) is 38.6 Å². The number of ether oxygens (including phenoxy) is 1. The average molecular weight is 197 g/mol. The molecule has 2 rings (SSSR count). The second kappa shape index (κ2) is 4.19. The first-order valence-electron chi connectivity index (χ1n) is 6.05. The molecular weight excluding hydrogens is 174 g/mol. The summed E-state index contributed by atoms with van der Waals surface area (Å²) in [7, 11) is 2.08. The molecule has 2 nitrogen and oxygen atoms in total. The van der Waals surface area contributed by atoms with E-state index in [4.69, 9.17) is 4.74 Å². The summed E-state index contributed by atoms with van der Waals surface area (Å²) in [6, 6.07) is 0.689. The van der Waals surface area contributed by atoms with E-state index in [1.165, 1.54) is 38.5 Å². The van der Waals surface area contributed by atoms with Crippen LogP contribution < -0.4 is 5.32 Å². The highest BCUT2D eigenvalue weighted by Crippen LogP contribution is 2.40. The van der Waals surface area contributed by atoms with Gasteiger partial charge in [-0.2, -0.15) is 0 Å². The zero-order valence-electron chi connectivity index (χ0n) is 9.51.